The van der Waals surface area contributed by atoms with Crippen molar-refractivity contribution in [2.45, 2.75) is 30.2 Å². The first-order chi connectivity index (χ1) is 15.9. The van der Waals surface area contributed by atoms with Gasteiger partial charge in [0.2, 0.25) is 0 Å². The normalized spacial score (nSPS) is 21.1. The lowest BCUT2D eigenvalue weighted by Gasteiger charge is -2.38. The molecule has 3 atom stereocenters. The molecule has 0 bridgehead atoms. The second kappa shape index (κ2) is 8.43. The molecule has 5 nitrogen and oxygen atoms in total. The second-order valence-electron chi connectivity index (χ2n) is 8.56. The topological polar surface area (TPSA) is 67.4 Å². The van der Waals surface area contributed by atoms with Crippen molar-refractivity contribution in [3.8, 4) is 5.75 Å². The van der Waals surface area contributed by atoms with E-state index in [0.717, 1.165) is 33.8 Å². The number of sulfonamides is 1. The fourth-order valence-corrected chi connectivity index (χ4v) is 6.23. The Bertz CT molecular complexity index is 1350. The Morgan fingerprint density at radius 2 is 1.88 bits per heavy atom. The average Bonchev–Trinajstić information content (AvgIpc) is 3.29. The van der Waals surface area contributed by atoms with E-state index in [2.05, 4.69) is 28.3 Å². The van der Waals surface area contributed by atoms with Gasteiger partial charge in [0, 0.05) is 16.6 Å². The van der Waals surface area contributed by atoms with Crippen molar-refractivity contribution in [2.75, 3.05) is 17.1 Å². The maximum absolute atomic E-state index is 13.3. The van der Waals surface area contributed by atoms with Crippen LogP contribution < -0.4 is 14.8 Å². The summed E-state index contributed by atoms with van der Waals surface area (Å²) in [5.74, 6) is 0.858. The molecule has 2 aliphatic rings. The lowest BCUT2D eigenvalue weighted by molar-refractivity contribution is 0.417. The average molecular weight is 481 g/mol. The van der Waals surface area contributed by atoms with E-state index in [0.29, 0.717) is 11.4 Å². The third kappa shape index (κ3) is 3.98. The molecule has 170 valence electrons. The molecule has 0 fully saturated rings. The zero-order valence-electron chi connectivity index (χ0n) is 18.4. The summed E-state index contributed by atoms with van der Waals surface area (Å²) in [6.45, 7) is 1.91. The fourth-order valence-electron chi connectivity index (χ4n) is 4.88. The highest BCUT2D eigenvalue weighted by Crippen LogP contribution is 2.51. The minimum Gasteiger partial charge on any atom is -0.495 e. The molecule has 0 radical (unpaired) electrons. The summed E-state index contributed by atoms with van der Waals surface area (Å²) in [7, 11) is -2.28. The molecule has 0 spiro atoms. The van der Waals surface area contributed by atoms with E-state index in [1.807, 2.05) is 37.3 Å². The van der Waals surface area contributed by atoms with Crippen LogP contribution in [0.1, 0.15) is 35.1 Å². The second-order valence-corrected chi connectivity index (χ2v) is 10.6. The standard InChI is InChI=1S/C26H25ClN2O3S/c1-16-10-13-25(32-2)24(14-16)29-33(30,31)17-11-12-23-21(15-17)18-7-5-8-19(18)26(28-23)20-6-3-4-9-22(20)27/h3-7,9-15,18-19,26,28-29H,8H2,1-2H3/t18-,19+,26-/m0/s1. The van der Waals surface area contributed by atoms with E-state index < -0.39 is 10.0 Å². The monoisotopic (exact) mass is 480 g/mol. The Labute approximate surface area is 199 Å². The third-order valence-corrected chi connectivity index (χ3v) is 8.19. The van der Waals surface area contributed by atoms with E-state index in [1.54, 1.807) is 24.3 Å². The molecule has 0 aromatic heterocycles. The van der Waals surface area contributed by atoms with Crippen LogP contribution in [-0.2, 0) is 10.0 Å². The highest BCUT2D eigenvalue weighted by Gasteiger charge is 2.39. The number of nitrogens with one attached hydrogen (secondary N) is 2. The van der Waals surface area contributed by atoms with Gasteiger partial charge in [-0.25, -0.2) is 8.42 Å². The van der Waals surface area contributed by atoms with Gasteiger partial charge in [-0.15, -0.1) is 0 Å². The van der Waals surface area contributed by atoms with Crippen LogP contribution >= 0.6 is 11.6 Å². The van der Waals surface area contributed by atoms with Gasteiger partial charge in [0.25, 0.3) is 10.0 Å². The molecular formula is C26H25ClN2O3S. The van der Waals surface area contributed by atoms with E-state index in [-0.39, 0.29) is 22.8 Å². The summed E-state index contributed by atoms with van der Waals surface area (Å²) in [6, 6.07) is 18.6. The van der Waals surface area contributed by atoms with E-state index in [9.17, 15) is 8.42 Å². The maximum atomic E-state index is 13.3. The summed E-state index contributed by atoms with van der Waals surface area (Å²) < 4.78 is 34.6. The minimum absolute atomic E-state index is 0.0586. The largest absolute Gasteiger partial charge is 0.495 e. The highest BCUT2D eigenvalue weighted by molar-refractivity contribution is 7.92. The minimum atomic E-state index is -3.80. The number of allylic oxidation sites excluding steroid dienone is 2. The Kier molecular flexibility index (Phi) is 5.59. The number of methoxy groups -OCH3 is 1. The quantitative estimate of drug-likeness (QED) is 0.421. The summed E-state index contributed by atoms with van der Waals surface area (Å²) in [6.07, 6.45) is 5.26. The van der Waals surface area contributed by atoms with Crippen molar-refractivity contribution in [1.82, 2.24) is 0 Å². The van der Waals surface area contributed by atoms with Gasteiger partial charge >= 0.3 is 0 Å². The molecule has 0 saturated carbocycles. The molecule has 3 aromatic carbocycles. The molecule has 3 aromatic rings. The third-order valence-electron chi connectivity index (χ3n) is 6.48. The lowest BCUT2D eigenvalue weighted by atomic mass is 9.77. The molecule has 7 heteroatoms. The Morgan fingerprint density at radius 1 is 1.06 bits per heavy atom. The van der Waals surface area contributed by atoms with E-state index >= 15 is 0 Å². The zero-order chi connectivity index (χ0) is 23.2. The molecule has 0 unspecified atom stereocenters. The van der Waals surface area contributed by atoms with Crippen molar-refractivity contribution in [1.29, 1.82) is 0 Å². The number of ether oxygens (including phenoxy) is 1. The molecule has 0 saturated heterocycles. The zero-order valence-corrected chi connectivity index (χ0v) is 20.0. The van der Waals surface area contributed by atoms with Crippen LogP contribution in [0.4, 0.5) is 11.4 Å². The molecule has 1 aliphatic carbocycles. The molecule has 1 heterocycles. The van der Waals surface area contributed by atoms with Gasteiger partial charge in [0.05, 0.1) is 23.7 Å². The maximum Gasteiger partial charge on any atom is 0.262 e. The van der Waals surface area contributed by atoms with Crippen LogP contribution in [0.2, 0.25) is 5.02 Å². The fraction of sp³-hybridized carbons (Fsp3) is 0.231. The summed E-state index contributed by atoms with van der Waals surface area (Å²) >= 11 is 6.51. The Balaban J connectivity index is 1.51. The predicted octanol–water partition coefficient (Wildman–Crippen LogP) is 6.28. The number of fused-ring (bicyclic) bond motifs is 3. The first-order valence-electron chi connectivity index (χ1n) is 10.9. The summed E-state index contributed by atoms with van der Waals surface area (Å²) in [4.78, 5) is 0.224. The van der Waals surface area contributed by atoms with Gasteiger partial charge in [-0.2, -0.15) is 0 Å². The van der Waals surface area contributed by atoms with Crippen molar-refractivity contribution in [3.63, 3.8) is 0 Å². The van der Waals surface area contributed by atoms with Crippen LogP contribution in [0.15, 0.2) is 77.7 Å². The van der Waals surface area contributed by atoms with Crippen LogP contribution in [0, 0.1) is 12.8 Å². The smallest absolute Gasteiger partial charge is 0.262 e. The number of rotatable bonds is 5. The SMILES string of the molecule is COc1ccc(C)cc1NS(=O)(=O)c1ccc2c(c1)[C@H]1C=CC[C@H]1[C@@H](c1ccccc1Cl)N2. The molecule has 5 rings (SSSR count). The Morgan fingerprint density at radius 3 is 2.67 bits per heavy atom. The lowest BCUT2D eigenvalue weighted by Crippen LogP contribution is -2.29. The van der Waals surface area contributed by atoms with Crippen molar-refractivity contribution in [3.05, 3.63) is 94.5 Å². The number of benzene rings is 3. The van der Waals surface area contributed by atoms with Crippen molar-refractivity contribution < 1.29 is 13.2 Å². The van der Waals surface area contributed by atoms with E-state index in [4.69, 9.17) is 16.3 Å². The first kappa shape index (κ1) is 21.9. The highest BCUT2D eigenvalue weighted by atomic mass is 35.5. The summed E-state index contributed by atoms with van der Waals surface area (Å²) in [5.41, 5.74) is 4.34. The number of hydrogen-bond donors (Lipinski definition) is 2. The van der Waals surface area contributed by atoms with Crippen LogP contribution in [0.3, 0.4) is 0 Å². The van der Waals surface area contributed by atoms with Crippen LogP contribution in [0.25, 0.3) is 0 Å². The van der Waals surface area contributed by atoms with Gasteiger partial charge in [-0.1, -0.05) is 48.0 Å². The van der Waals surface area contributed by atoms with Gasteiger partial charge in [0.15, 0.2) is 0 Å². The van der Waals surface area contributed by atoms with Gasteiger partial charge in [-0.05, 0) is 72.4 Å². The molecule has 0 amide bonds. The van der Waals surface area contributed by atoms with Crippen molar-refractivity contribution in [2.24, 2.45) is 5.92 Å². The number of hydrogen-bond acceptors (Lipinski definition) is 4. The Hall–Kier alpha value is -2.96. The van der Waals surface area contributed by atoms with Gasteiger partial charge in [-0.3, -0.25) is 4.72 Å². The number of anilines is 2. The molecule has 1 aliphatic heterocycles. The van der Waals surface area contributed by atoms with E-state index in [1.165, 1.54) is 7.11 Å². The van der Waals surface area contributed by atoms with Crippen molar-refractivity contribution >= 4 is 33.0 Å². The molecule has 2 N–H and O–H groups in total. The molecule has 33 heavy (non-hydrogen) atoms. The predicted molar refractivity (Wildman–Crippen MR) is 133 cm³/mol. The summed E-state index contributed by atoms with van der Waals surface area (Å²) in [5, 5.41) is 4.36. The van der Waals surface area contributed by atoms with Crippen LogP contribution in [-0.4, -0.2) is 15.5 Å². The first-order valence-corrected chi connectivity index (χ1v) is 12.7. The number of aryl methyl sites for hydroxylation is 1. The number of halogens is 1. The van der Waals surface area contributed by atoms with Crippen LogP contribution in [0.5, 0.6) is 5.75 Å². The van der Waals surface area contributed by atoms with Gasteiger partial charge < -0.3 is 10.1 Å². The van der Waals surface area contributed by atoms with Gasteiger partial charge in [0.1, 0.15) is 5.75 Å². The molecular weight excluding hydrogens is 456 g/mol.